The lowest BCUT2D eigenvalue weighted by Gasteiger charge is -2.05. The minimum atomic E-state index is -0.408. The molecule has 2 nitrogen and oxygen atoms in total. The molecule has 0 aliphatic carbocycles. The van der Waals surface area contributed by atoms with Crippen LogP contribution in [0.15, 0.2) is 18.3 Å². The molecule has 86 valence electrons. The summed E-state index contributed by atoms with van der Waals surface area (Å²) in [6.45, 7) is 4.11. The number of hydrogen-bond donors (Lipinski definition) is 1. The first-order chi connectivity index (χ1) is 7.69. The molecular formula is C12H15NOS2. The minimum absolute atomic E-state index is 0.408. The summed E-state index contributed by atoms with van der Waals surface area (Å²) in [7, 11) is 0. The second-order valence-corrected chi connectivity index (χ2v) is 6.24. The molecule has 0 saturated heterocycles. The molecule has 16 heavy (non-hydrogen) atoms. The molecule has 4 heteroatoms. The highest BCUT2D eigenvalue weighted by Gasteiger charge is 2.12. The second kappa shape index (κ2) is 5.08. The fourth-order valence-corrected chi connectivity index (χ4v) is 3.31. The Balaban J connectivity index is 2.04. The molecule has 0 amide bonds. The van der Waals surface area contributed by atoms with E-state index in [1.165, 1.54) is 9.75 Å². The molecule has 2 rings (SSSR count). The van der Waals surface area contributed by atoms with Crippen LogP contribution in [0, 0.1) is 6.92 Å². The molecule has 2 aromatic heterocycles. The van der Waals surface area contributed by atoms with E-state index in [-0.39, 0.29) is 0 Å². The molecule has 0 fully saturated rings. The topological polar surface area (TPSA) is 33.1 Å². The van der Waals surface area contributed by atoms with Crippen LogP contribution in [0.5, 0.6) is 0 Å². The molecule has 2 heterocycles. The number of aryl methyl sites for hydroxylation is 2. The second-order valence-electron chi connectivity index (χ2n) is 3.72. The van der Waals surface area contributed by atoms with Crippen molar-refractivity contribution in [3.63, 3.8) is 0 Å². The average molecular weight is 253 g/mol. The van der Waals surface area contributed by atoms with Crippen LogP contribution in [0.4, 0.5) is 0 Å². The molecule has 1 atom stereocenters. The van der Waals surface area contributed by atoms with E-state index in [1.807, 2.05) is 6.92 Å². The normalized spacial score (nSPS) is 12.9. The fourth-order valence-electron chi connectivity index (χ4n) is 1.55. The lowest BCUT2D eigenvalue weighted by atomic mass is 10.2. The molecule has 0 aliphatic rings. The van der Waals surface area contributed by atoms with Gasteiger partial charge >= 0.3 is 0 Å². The summed E-state index contributed by atoms with van der Waals surface area (Å²) in [5.74, 6) is 0. The molecule has 0 saturated carbocycles. The summed E-state index contributed by atoms with van der Waals surface area (Å²) < 4.78 is 0. The van der Waals surface area contributed by atoms with E-state index >= 15 is 0 Å². The summed E-state index contributed by atoms with van der Waals surface area (Å²) in [6, 6.07) is 4.26. The summed E-state index contributed by atoms with van der Waals surface area (Å²) in [5.41, 5.74) is 0. The van der Waals surface area contributed by atoms with Gasteiger partial charge in [0.05, 0.1) is 16.0 Å². The molecular weight excluding hydrogens is 238 g/mol. The van der Waals surface area contributed by atoms with Crippen LogP contribution in [0.2, 0.25) is 0 Å². The molecule has 0 radical (unpaired) electrons. The third-order valence-corrected chi connectivity index (χ3v) is 4.69. The standard InChI is InChI=1S/C12H15NOS2/c1-3-9-4-5-10(16-9)6-11(14)12-7-13-8(2)15-12/h4-5,7,11,14H,3,6H2,1-2H3. The van der Waals surface area contributed by atoms with Crippen molar-refractivity contribution in [1.82, 2.24) is 4.98 Å². The molecule has 2 aromatic rings. The molecule has 1 unspecified atom stereocenters. The number of thiophene rings is 1. The van der Waals surface area contributed by atoms with Crippen molar-refractivity contribution in [2.75, 3.05) is 0 Å². The Morgan fingerprint density at radius 2 is 2.06 bits per heavy atom. The van der Waals surface area contributed by atoms with E-state index in [2.05, 4.69) is 24.0 Å². The first kappa shape index (κ1) is 11.8. The van der Waals surface area contributed by atoms with Gasteiger partial charge in [0.15, 0.2) is 0 Å². The molecule has 0 aliphatic heterocycles. The van der Waals surface area contributed by atoms with Crippen LogP contribution in [0.3, 0.4) is 0 Å². The Bertz CT molecular complexity index is 461. The number of aliphatic hydroxyl groups excluding tert-OH is 1. The van der Waals surface area contributed by atoms with E-state index in [1.54, 1.807) is 28.9 Å². The summed E-state index contributed by atoms with van der Waals surface area (Å²) in [6.07, 6.45) is 3.14. The molecule has 0 bridgehead atoms. The summed E-state index contributed by atoms with van der Waals surface area (Å²) in [5, 5.41) is 11.1. The minimum Gasteiger partial charge on any atom is -0.387 e. The van der Waals surface area contributed by atoms with Gasteiger partial charge in [-0.3, -0.25) is 0 Å². The van der Waals surface area contributed by atoms with Crippen LogP contribution < -0.4 is 0 Å². The van der Waals surface area contributed by atoms with Crippen molar-refractivity contribution in [1.29, 1.82) is 0 Å². The number of rotatable bonds is 4. The highest BCUT2D eigenvalue weighted by molar-refractivity contribution is 7.12. The fraction of sp³-hybridized carbons (Fsp3) is 0.417. The maximum absolute atomic E-state index is 10.0. The van der Waals surface area contributed by atoms with Gasteiger partial charge in [0, 0.05) is 22.4 Å². The zero-order valence-corrected chi connectivity index (χ0v) is 11.1. The number of aliphatic hydroxyl groups is 1. The summed E-state index contributed by atoms with van der Waals surface area (Å²) >= 11 is 3.36. The monoisotopic (exact) mass is 253 g/mol. The predicted octanol–water partition coefficient (Wildman–Crippen LogP) is 3.35. The van der Waals surface area contributed by atoms with Crippen LogP contribution in [0.1, 0.15) is 32.7 Å². The summed E-state index contributed by atoms with van der Waals surface area (Å²) in [4.78, 5) is 7.75. The van der Waals surface area contributed by atoms with E-state index < -0.39 is 6.10 Å². The molecule has 0 aromatic carbocycles. The van der Waals surface area contributed by atoms with Gasteiger partial charge in [-0.25, -0.2) is 4.98 Å². The highest BCUT2D eigenvalue weighted by atomic mass is 32.1. The van der Waals surface area contributed by atoms with E-state index in [4.69, 9.17) is 0 Å². The van der Waals surface area contributed by atoms with E-state index in [0.29, 0.717) is 6.42 Å². The largest absolute Gasteiger partial charge is 0.387 e. The zero-order valence-electron chi connectivity index (χ0n) is 9.43. The van der Waals surface area contributed by atoms with Gasteiger partial charge in [0.2, 0.25) is 0 Å². The quantitative estimate of drug-likeness (QED) is 0.906. The lowest BCUT2D eigenvalue weighted by molar-refractivity contribution is 0.183. The Labute approximate surface area is 104 Å². The SMILES string of the molecule is CCc1ccc(CC(O)c2cnc(C)s2)s1. The highest BCUT2D eigenvalue weighted by Crippen LogP contribution is 2.27. The molecule has 1 N–H and O–H groups in total. The third kappa shape index (κ3) is 2.70. The first-order valence-electron chi connectivity index (χ1n) is 5.37. The van der Waals surface area contributed by atoms with E-state index in [9.17, 15) is 5.11 Å². The van der Waals surface area contributed by atoms with E-state index in [0.717, 1.165) is 16.3 Å². The lowest BCUT2D eigenvalue weighted by Crippen LogP contribution is -1.97. The predicted molar refractivity (Wildman–Crippen MR) is 69.2 cm³/mol. The number of nitrogens with zero attached hydrogens (tertiary/aromatic N) is 1. The molecule has 0 spiro atoms. The third-order valence-electron chi connectivity index (χ3n) is 2.43. The Morgan fingerprint density at radius 1 is 1.31 bits per heavy atom. The first-order valence-corrected chi connectivity index (χ1v) is 7.00. The van der Waals surface area contributed by atoms with Crippen molar-refractivity contribution in [3.05, 3.63) is 38.0 Å². The van der Waals surface area contributed by atoms with Gasteiger partial charge < -0.3 is 5.11 Å². The van der Waals surface area contributed by atoms with Gasteiger partial charge in [-0.05, 0) is 25.5 Å². The Kier molecular flexibility index (Phi) is 3.74. The van der Waals surface area contributed by atoms with Gasteiger partial charge in [0.25, 0.3) is 0 Å². The number of hydrogen-bond acceptors (Lipinski definition) is 4. The van der Waals surface area contributed by atoms with Crippen molar-refractivity contribution >= 4 is 22.7 Å². The van der Waals surface area contributed by atoms with Crippen molar-refractivity contribution in [2.24, 2.45) is 0 Å². The van der Waals surface area contributed by atoms with Crippen LogP contribution in [-0.2, 0) is 12.8 Å². The van der Waals surface area contributed by atoms with Crippen molar-refractivity contribution < 1.29 is 5.11 Å². The van der Waals surface area contributed by atoms with Gasteiger partial charge in [-0.2, -0.15) is 0 Å². The van der Waals surface area contributed by atoms with Crippen LogP contribution >= 0.6 is 22.7 Å². The van der Waals surface area contributed by atoms with Crippen LogP contribution in [0.25, 0.3) is 0 Å². The number of thiazole rings is 1. The maximum Gasteiger partial charge on any atom is 0.0946 e. The van der Waals surface area contributed by atoms with Gasteiger partial charge in [-0.1, -0.05) is 6.92 Å². The number of aromatic nitrogens is 1. The van der Waals surface area contributed by atoms with Crippen molar-refractivity contribution in [2.45, 2.75) is 32.8 Å². The maximum atomic E-state index is 10.0. The average Bonchev–Trinajstić information content (AvgIpc) is 2.87. The van der Waals surface area contributed by atoms with Crippen molar-refractivity contribution in [3.8, 4) is 0 Å². The van der Waals surface area contributed by atoms with Gasteiger partial charge in [0.1, 0.15) is 0 Å². The smallest absolute Gasteiger partial charge is 0.0946 e. The Morgan fingerprint density at radius 3 is 2.62 bits per heavy atom. The van der Waals surface area contributed by atoms with Gasteiger partial charge in [-0.15, -0.1) is 22.7 Å². The van der Waals surface area contributed by atoms with Crippen LogP contribution in [-0.4, -0.2) is 10.1 Å². The zero-order chi connectivity index (χ0) is 11.5. The Hall–Kier alpha value is -0.710.